The summed E-state index contributed by atoms with van der Waals surface area (Å²) in [5, 5.41) is 0. The summed E-state index contributed by atoms with van der Waals surface area (Å²) in [6.45, 7) is 6.52. The van der Waals surface area contributed by atoms with E-state index < -0.39 is 10.0 Å². The first-order valence-corrected chi connectivity index (χ1v) is 8.25. The summed E-state index contributed by atoms with van der Waals surface area (Å²) in [4.78, 5) is 0. The maximum atomic E-state index is 11.5. The fourth-order valence-corrected chi connectivity index (χ4v) is 3.71. The molecule has 4 nitrogen and oxygen atoms in total. The van der Waals surface area contributed by atoms with Gasteiger partial charge in [-0.2, -0.15) is 0 Å². The first-order valence-electron chi connectivity index (χ1n) is 6.40. The van der Waals surface area contributed by atoms with Crippen LogP contribution in [0.2, 0.25) is 0 Å². The van der Waals surface area contributed by atoms with Crippen LogP contribution in [0.5, 0.6) is 0 Å². The van der Waals surface area contributed by atoms with E-state index in [4.69, 9.17) is 5.73 Å². The van der Waals surface area contributed by atoms with Crippen LogP contribution in [-0.2, 0) is 10.0 Å². The quantitative estimate of drug-likeness (QED) is 0.815. The highest BCUT2D eigenvalue weighted by Gasteiger charge is 2.29. The van der Waals surface area contributed by atoms with Crippen molar-refractivity contribution in [2.75, 3.05) is 25.9 Å². The van der Waals surface area contributed by atoms with E-state index in [1.165, 1.54) is 6.26 Å². The summed E-state index contributed by atoms with van der Waals surface area (Å²) in [5.74, 6) is 0.486. The van der Waals surface area contributed by atoms with Gasteiger partial charge in [-0.1, -0.05) is 13.8 Å². The maximum absolute atomic E-state index is 11.5. The molecule has 1 rings (SSSR count). The number of hydrogen-bond acceptors (Lipinski definition) is 3. The summed E-state index contributed by atoms with van der Waals surface area (Å²) >= 11 is 0. The molecule has 2 N–H and O–H groups in total. The number of rotatable bonds is 5. The topological polar surface area (TPSA) is 63.4 Å². The molecule has 0 aromatic carbocycles. The second-order valence-corrected chi connectivity index (χ2v) is 8.02. The maximum Gasteiger partial charge on any atom is 0.211 e. The van der Waals surface area contributed by atoms with Gasteiger partial charge in [0, 0.05) is 13.1 Å². The van der Waals surface area contributed by atoms with Crippen LogP contribution in [0, 0.1) is 11.3 Å². The molecule has 1 saturated heterocycles. The van der Waals surface area contributed by atoms with Gasteiger partial charge in [0.05, 0.1) is 6.26 Å². The van der Waals surface area contributed by atoms with E-state index in [1.54, 1.807) is 4.31 Å². The number of nitrogens with two attached hydrogens (primary N) is 1. The van der Waals surface area contributed by atoms with E-state index in [-0.39, 0.29) is 5.41 Å². The minimum atomic E-state index is -3.02. The van der Waals surface area contributed by atoms with Crippen molar-refractivity contribution in [2.24, 2.45) is 17.1 Å². The third-order valence-electron chi connectivity index (χ3n) is 3.61. The lowest BCUT2D eigenvalue weighted by atomic mass is 9.78. The lowest BCUT2D eigenvalue weighted by Crippen LogP contribution is -2.40. The zero-order chi connectivity index (χ0) is 13.1. The Kier molecular flexibility index (Phi) is 4.98. The molecule has 0 amide bonds. The smallest absolute Gasteiger partial charge is 0.211 e. The second-order valence-electron chi connectivity index (χ2n) is 6.04. The molecular weight excluding hydrogens is 236 g/mol. The van der Waals surface area contributed by atoms with E-state index >= 15 is 0 Å². The lowest BCUT2D eigenvalue weighted by molar-refractivity contribution is 0.183. The van der Waals surface area contributed by atoms with Crippen LogP contribution in [-0.4, -0.2) is 38.6 Å². The largest absolute Gasteiger partial charge is 0.330 e. The first-order chi connectivity index (χ1) is 7.74. The van der Waals surface area contributed by atoms with Gasteiger partial charge in [0.25, 0.3) is 0 Å². The molecule has 0 aliphatic carbocycles. The zero-order valence-corrected chi connectivity index (χ0v) is 12.1. The summed E-state index contributed by atoms with van der Waals surface area (Å²) in [5.41, 5.74) is 5.83. The molecule has 102 valence electrons. The molecule has 1 atom stereocenters. The van der Waals surface area contributed by atoms with Crippen molar-refractivity contribution in [2.45, 2.75) is 39.5 Å². The fraction of sp³-hybridized carbons (Fsp3) is 1.00. The third-order valence-corrected chi connectivity index (χ3v) is 4.88. The van der Waals surface area contributed by atoms with E-state index in [9.17, 15) is 8.42 Å². The molecule has 0 aromatic heterocycles. The third kappa shape index (κ3) is 4.94. The van der Waals surface area contributed by atoms with Gasteiger partial charge >= 0.3 is 0 Å². The standard InChI is InChI=1S/C12H26N2O2S/c1-12(2,6-7-13)9-11-5-4-8-14(10-11)17(3,15)16/h11H,4-10,13H2,1-3H3. The Morgan fingerprint density at radius 3 is 2.59 bits per heavy atom. The van der Waals surface area contributed by atoms with Crippen LogP contribution in [0.4, 0.5) is 0 Å². The SMILES string of the molecule is CC(C)(CCN)CC1CCCN(S(C)(=O)=O)C1. The molecule has 0 aromatic rings. The molecule has 0 radical (unpaired) electrons. The van der Waals surface area contributed by atoms with Gasteiger partial charge in [-0.25, -0.2) is 12.7 Å². The molecule has 1 heterocycles. The molecule has 1 unspecified atom stereocenters. The van der Waals surface area contributed by atoms with E-state index in [2.05, 4.69) is 13.8 Å². The fourth-order valence-electron chi connectivity index (χ4n) is 2.77. The Morgan fingerprint density at radius 2 is 2.06 bits per heavy atom. The van der Waals surface area contributed by atoms with Gasteiger partial charge in [-0.15, -0.1) is 0 Å². The van der Waals surface area contributed by atoms with Crippen molar-refractivity contribution in [1.82, 2.24) is 4.31 Å². The van der Waals surface area contributed by atoms with Gasteiger partial charge < -0.3 is 5.73 Å². The minimum absolute atomic E-state index is 0.222. The Hall–Kier alpha value is -0.130. The molecule has 17 heavy (non-hydrogen) atoms. The van der Waals surface area contributed by atoms with Crippen molar-refractivity contribution in [3.05, 3.63) is 0 Å². The second kappa shape index (κ2) is 5.67. The summed E-state index contributed by atoms with van der Waals surface area (Å²) in [7, 11) is -3.02. The molecule has 1 fully saturated rings. The highest BCUT2D eigenvalue weighted by Crippen LogP contribution is 2.33. The van der Waals surface area contributed by atoms with E-state index in [1.807, 2.05) is 0 Å². The van der Waals surface area contributed by atoms with Crippen LogP contribution >= 0.6 is 0 Å². The van der Waals surface area contributed by atoms with Crippen LogP contribution in [0.15, 0.2) is 0 Å². The number of hydrogen-bond donors (Lipinski definition) is 1. The van der Waals surface area contributed by atoms with Crippen molar-refractivity contribution in [3.63, 3.8) is 0 Å². The van der Waals surface area contributed by atoms with Gasteiger partial charge in [-0.05, 0) is 43.6 Å². The summed E-state index contributed by atoms with van der Waals surface area (Å²) in [6.07, 6.45) is 5.50. The van der Waals surface area contributed by atoms with Crippen LogP contribution < -0.4 is 5.73 Å². The van der Waals surface area contributed by atoms with Gasteiger partial charge in [0.2, 0.25) is 10.0 Å². The van der Waals surface area contributed by atoms with Crippen molar-refractivity contribution in [1.29, 1.82) is 0 Å². The average Bonchev–Trinajstić information content (AvgIpc) is 2.15. The highest BCUT2D eigenvalue weighted by molar-refractivity contribution is 7.88. The minimum Gasteiger partial charge on any atom is -0.330 e. The van der Waals surface area contributed by atoms with E-state index in [0.717, 1.165) is 25.7 Å². The van der Waals surface area contributed by atoms with E-state index in [0.29, 0.717) is 25.6 Å². The Balaban J connectivity index is 2.56. The number of nitrogens with zero attached hydrogens (tertiary/aromatic N) is 1. The monoisotopic (exact) mass is 262 g/mol. The number of piperidine rings is 1. The predicted molar refractivity (Wildman–Crippen MR) is 71.2 cm³/mol. The molecule has 1 aliphatic rings. The molecular formula is C12H26N2O2S. The average molecular weight is 262 g/mol. The zero-order valence-electron chi connectivity index (χ0n) is 11.3. The normalized spacial score (nSPS) is 23.9. The predicted octanol–water partition coefficient (Wildman–Crippen LogP) is 1.42. The molecule has 0 bridgehead atoms. The molecule has 0 saturated carbocycles. The summed E-state index contributed by atoms with van der Waals surface area (Å²) in [6, 6.07) is 0. The van der Waals surface area contributed by atoms with Gasteiger partial charge in [0.1, 0.15) is 0 Å². The van der Waals surface area contributed by atoms with Crippen LogP contribution in [0.1, 0.15) is 39.5 Å². The van der Waals surface area contributed by atoms with Crippen molar-refractivity contribution >= 4 is 10.0 Å². The number of sulfonamides is 1. The Bertz CT molecular complexity index is 338. The van der Waals surface area contributed by atoms with Crippen LogP contribution in [0.3, 0.4) is 0 Å². The summed E-state index contributed by atoms with van der Waals surface area (Å²) < 4.78 is 24.7. The molecule has 5 heteroatoms. The van der Waals surface area contributed by atoms with Gasteiger partial charge in [-0.3, -0.25) is 0 Å². The first kappa shape index (κ1) is 14.9. The van der Waals surface area contributed by atoms with Crippen LogP contribution in [0.25, 0.3) is 0 Å². The lowest BCUT2D eigenvalue weighted by Gasteiger charge is -2.35. The van der Waals surface area contributed by atoms with Crippen molar-refractivity contribution in [3.8, 4) is 0 Å². The highest BCUT2D eigenvalue weighted by atomic mass is 32.2. The Morgan fingerprint density at radius 1 is 1.41 bits per heavy atom. The van der Waals surface area contributed by atoms with Crippen molar-refractivity contribution < 1.29 is 8.42 Å². The molecule has 0 spiro atoms. The Labute approximate surface area is 106 Å². The molecule has 1 aliphatic heterocycles. The van der Waals surface area contributed by atoms with Gasteiger partial charge in [0.15, 0.2) is 0 Å².